The van der Waals surface area contributed by atoms with Gasteiger partial charge in [0, 0.05) is 51.7 Å². The molecule has 2 aliphatic heterocycles. The zero-order chi connectivity index (χ0) is 20.5. The van der Waals surface area contributed by atoms with E-state index >= 15 is 0 Å². The number of amides is 1. The Morgan fingerprint density at radius 1 is 1.17 bits per heavy atom. The Balaban J connectivity index is 1.37. The van der Waals surface area contributed by atoms with E-state index in [0.717, 1.165) is 71.4 Å². The van der Waals surface area contributed by atoms with Gasteiger partial charge in [-0.1, -0.05) is 24.3 Å². The van der Waals surface area contributed by atoms with Crippen LogP contribution in [0, 0.1) is 0 Å². The number of aliphatic imine (C=N–C) groups is 1. The van der Waals surface area contributed by atoms with Gasteiger partial charge in [-0.2, -0.15) is 0 Å². The average molecular weight is 402 g/mol. The van der Waals surface area contributed by atoms with E-state index in [1.807, 2.05) is 17.0 Å². The number of guanidine groups is 1. The van der Waals surface area contributed by atoms with Crippen LogP contribution in [0.5, 0.6) is 0 Å². The fraction of sp³-hybridized carbons (Fsp3) is 0.636. The number of carbonyl (C=O) groups is 1. The number of hydrogen-bond donors (Lipinski definition) is 2. The molecule has 3 rings (SSSR count). The highest BCUT2D eigenvalue weighted by atomic mass is 16.5. The second kappa shape index (κ2) is 11.2. The third-order valence-corrected chi connectivity index (χ3v) is 5.58. The normalized spacial score (nSPS) is 18.4. The first-order chi connectivity index (χ1) is 14.2. The van der Waals surface area contributed by atoms with Crippen molar-refractivity contribution in [1.82, 2.24) is 20.4 Å². The van der Waals surface area contributed by atoms with E-state index < -0.39 is 0 Å². The molecule has 7 nitrogen and oxygen atoms in total. The highest BCUT2D eigenvalue weighted by Gasteiger charge is 2.22. The van der Waals surface area contributed by atoms with Gasteiger partial charge in [0.05, 0.1) is 19.8 Å². The summed E-state index contributed by atoms with van der Waals surface area (Å²) in [6.07, 6.45) is 1.36. The second-order valence-electron chi connectivity index (χ2n) is 7.77. The molecule has 0 spiro atoms. The SMILES string of the molecule is CCNC(=NCC(C)N1CCOCC1)NCCCC(=O)N1Cc2ccccc2C1. The molecular weight excluding hydrogens is 366 g/mol. The number of morpholine rings is 1. The number of benzene rings is 1. The van der Waals surface area contributed by atoms with Crippen molar-refractivity contribution in [2.75, 3.05) is 45.9 Å². The zero-order valence-corrected chi connectivity index (χ0v) is 17.8. The minimum atomic E-state index is 0.228. The van der Waals surface area contributed by atoms with Crippen LogP contribution in [0.4, 0.5) is 0 Å². The van der Waals surface area contributed by atoms with Crippen molar-refractivity contribution in [3.8, 4) is 0 Å². The van der Waals surface area contributed by atoms with Crippen molar-refractivity contribution >= 4 is 11.9 Å². The Bertz CT molecular complexity index is 663. The third kappa shape index (κ3) is 6.44. The fourth-order valence-electron chi connectivity index (χ4n) is 3.81. The highest BCUT2D eigenvalue weighted by molar-refractivity contribution is 5.80. The molecule has 1 fully saturated rings. The molecular formula is C22H35N5O2. The molecule has 1 aromatic rings. The Morgan fingerprint density at radius 3 is 2.52 bits per heavy atom. The van der Waals surface area contributed by atoms with Gasteiger partial charge in [-0.05, 0) is 31.4 Å². The summed E-state index contributed by atoms with van der Waals surface area (Å²) in [7, 11) is 0. The van der Waals surface area contributed by atoms with Gasteiger partial charge in [-0.15, -0.1) is 0 Å². The van der Waals surface area contributed by atoms with Crippen molar-refractivity contribution < 1.29 is 9.53 Å². The molecule has 29 heavy (non-hydrogen) atoms. The lowest BCUT2D eigenvalue weighted by Crippen LogP contribution is -2.44. The number of hydrogen-bond acceptors (Lipinski definition) is 4. The molecule has 160 valence electrons. The van der Waals surface area contributed by atoms with Crippen LogP contribution in [-0.4, -0.2) is 73.6 Å². The van der Waals surface area contributed by atoms with E-state index in [0.29, 0.717) is 12.5 Å². The van der Waals surface area contributed by atoms with Gasteiger partial charge in [0.15, 0.2) is 5.96 Å². The van der Waals surface area contributed by atoms with E-state index in [-0.39, 0.29) is 5.91 Å². The summed E-state index contributed by atoms with van der Waals surface area (Å²) >= 11 is 0. The van der Waals surface area contributed by atoms with Gasteiger partial charge in [0.25, 0.3) is 0 Å². The van der Waals surface area contributed by atoms with Crippen LogP contribution >= 0.6 is 0 Å². The van der Waals surface area contributed by atoms with Gasteiger partial charge in [0.2, 0.25) is 5.91 Å². The number of nitrogens with one attached hydrogen (secondary N) is 2. The first-order valence-electron chi connectivity index (χ1n) is 10.9. The maximum atomic E-state index is 12.5. The van der Waals surface area contributed by atoms with E-state index in [1.165, 1.54) is 11.1 Å². The molecule has 1 aromatic carbocycles. The summed E-state index contributed by atoms with van der Waals surface area (Å²) in [4.78, 5) is 21.6. The largest absolute Gasteiger partial charge is 0.379 e. The summed E-state index contributed by atoms with van der Waals surface area (Å²) in [6, 6.07) is 8.70. The van der Waals surface area contributed by atoms with E-state index in [4.69, 9.17) is 9.73 Å². The molecule has 1 unspecified atom stereocenters. The lowest BCUT2D eigenvalue weighted by Gasteiger charge is -2.31. The van der Waals surface area contributed by atoms with Crippen LogP contribution in [0.2, 0.25) is 0 Å². The first-order valence-corrected chi connectivity index (χ1v) is 10.9. The third-order valence-electron chi connectivity index (χ3n) is 5.58. The van der Waals surface area contributed by atoms with Crippen LogP contribution in [0.3, 0.4) is 0 Å². The molecule has 0 radical (unpaired) electrons. The van der Waals surface area contributed by atoms with Crippen molar-refractivity contribution in [2.45, 2.75) is 45.8 Å². The van der Waals surface area contributed by atoms with Crippen molar-refractivity contribution in [3.63, 3.8) is 0 Å². The van der Waals surface area contributed by atoms with Crippen molar-refractivity contribution in [3.05, 3.63) is 35.4 Å². The topological polar surface area (TPSA) is 69.2 Å². The second-order valence-corrected chi connectivity index (χ2v) is 7.77. The quantitative estimate of drug-likeness (QED) is 0.393. The molecule has 1 amide bonds. The van der Waals surface area contributed by atoms with Crippen molar-refractivity contribution in [1.29, 1.82) is 0 Å². The molecule has 2 heterocycles. The van der Waals surface area contributed by atoms with Crippen LogP contribution in [0.1, 0.15) is 37.8 Å². The maximum Gasteiger partial charge on any atom is 0.223 e. The van der Waals surface area contributed by atoms with Gasteiger partial charge in [-0.25, -0.2) is 0 Å². The molecule has 1 atom stereocenters. The Kier molecular flexibility index (Phi) is 8.31. The molecule has 2 N–H and O–H groups in total. The summed E-state index contributed by atoms with van der Waals surface area (Å²) in [6.45, 7) is 11.6. The van der Waals surface area contributed by atoms with Gasteiger partial charge < -0.3 is 20.3 Å². The van der Waals surface area contributed by atoms with Crippen LogP contribution < -0.4 is 10.6 Å². The van der Waals surface area contributed by atoms with Gasteiger partial charge in [0.1, 0.15) is 0 Å². The molecule has 2 aliphatic rings. The Labute approximate surface area is 174 Å². The molecule has 0 saturated carbocycles. The van der Waals surface area contributed by atoms with E-state index in [9.17, 15) is 4.79 Å². The predicted octanol–water partition coefficient (Wildman–Crippen LogP) is 1.58. The summed E-state index contributed by atoms with van der Waals surface area (Å²) in [5.74, 6) is 1.06. The first kappa shape index (κ1) is 21.6. The molecule has 0 bridgehead atoms. The lowest BCUT2D eigenvalue weighted by molar-refractivity contribution is -0.131. The summed E-state index contributed by atoms with van der Waals surface area (Å²) in [5.41, 5.74) is 2.55. The van der Waals surface area contributed by atoms with E-state index in [2.05, 4.69) is 41.5 Å². The maximum absolute atomic E-state index is 12.5. The minimum Gasteiger partial charge on any atom is -0.379 e. The number of fused-ring (bicyclic) bond motifs is 1. The zero-order valence-electron chi connectivity index (χ0n) is 17.8. The number of ether oxygens (including phenoxy) is 1. The van der Waals surface area contributed by atoms with Crippen LogP contribution in [0.15, 0.2) is 29.3 Å². The average Bonchev–Trinajstić information content (AvgIpc) is 3.19. The highest BCUT2D eigenvalue weighted by Crippen LogP contribution is 2.22. The van der Waals surface area contributed by atoms with Crippen LogP contribution in [-0.2, 0) is 22.6 Å². The minimum absolute atomic E-state index is 0.228. The summed E-state index contributed by atoms with van der Waals surface area (Å²) in [5, 5.41) is 6.66. The number of nitrogens with zero attached hydrogens (tertiary/aromatic N) is 3. The van der Waals surface area contributed by atoms with E-state index in [1.54, 1.807) is 0 Å². The number of carbonyl (C=O) groups excluding carboxylic acids is 1. The monoisotopic (exact) mass is 401 g/mol. The lowest BCUT2D eigenvalue weighted by atomic mass is 10.1. The molecule has 1 saturated heterocycles. The fourth-order valence-corrected chi connectivity index (χ4v) is 3.81. The molecule has 0 aliphatic carbocycles. The van der Waals surface area contributed by atoms with Gasteiger partial charge in [-0.3, -0.25) is 14.7 Å². The molecule has 0 aromatic heterocycles. The van der Waals surface area contributed by atoms with Crippen molar-refractivity contribution in [2.24, 2.45) is 4.99 Å². The Hall–Kier alpha value is -2.12. The number of rotatable bonds is 8. The predicted molar refractivity (Wildman–Crippen MR) is 116 cm³/mol. The Morgan fingerprint density at radius 2 is 1.86 bits per heavy atom. The standard InChI is InChI=1S/C22H35N5O2/c1-3-23-22(25-15-18(2)26-11-13-29-14-12-26)24-10-6-9-21(28)27-16-19-7-4-5-8-20(19)17-27/h4-5,7-8,18H,3,6,9-17H2,1-2H3,(H2,23,24,25). The van der Waals surface area contributed by atoms with Crippen LogP contribution in [0.25, 0.3) is 0 Å². The molecule has 7 heteroatoms. The smallest absolute Gasteiger partial charge is 0.223 e. The van der Waals surface area contributed by atoms with Gasteiger partial charge >= 0.3 is 0 Å². The summed E-state index contributed by atoms with van der Waals surface area (Å²) < 4.78 is 5.42.